The molecule has 1 N–H and O–H groups in total. The Balaban J connectivity index is 1.58. The lowest BCUT2D eigenvalue weighted by molar-refractivity contribution is -0.130. The molecule has 0 aromatic heterocycles. The van der Waals surface area contributed by atoms with Crippen LogP contribution in [0, 0.1) is 5.82 Å². The summed E-state index contributed by atoms with van der Waals surface area (Å²) >= 11 is 6.14. The zero-order valence-electron chi connectivity index (χ0n) is 16.5. The van der Waals surface area contributed by atoms with Crippen LogP contribution in [0.25, 0.3) is 0 Å². The van der Waals surface area contributed by atoms with Crippen LogP contribution in [0.2, 0.25) is 5.02 Å². The quantitative estimate of drug-likeness (QED) is 0.694. The summed E-state index contributed by atoms with van der Waals surface area (Å²) in [5.41, 5.74) is 0.616. The Morgan fingerprint density at radius 3 is 2.53 bits per heavy atom. The third-order valence-corrected chi connectivity index (χ3v) is 6.90. The molecule has 0 aliphatic carbocycles. The number of amides is 1. The fraction of sp³-hybridized carbons (Fsp3) is 0.350. The lowest BCUT2D eigenvalue weighted by Gasteiger charge is -2.34. The molecule has 0 unspecified atom stereocenters. The fourth-order valence-electron chi connectivity index (χ4n) is 3.18. The molecule has 162 valence electrons. The molecule has 1 heterocycles. The van der Waals surface area contributed by atoms with Crippen molar-refractivity contribution in [3.8, 4) is 5.75 Å². The molecule has 1 amide bonds. The number of piperazine rings is 1. The molecular weight excluding hydrogens is 433 g/mol. The first-order chi connectivity index (χ1) is 14.3. The summed E-state index contributed by atoms with van der Waals surface area (Å²) in [6.45, 7) is 3.10. The summed E-state index contributed by atoms with van der Waals surface area (Å²) in [6.07, 6.45) is 0. The van der Waals surface area contributed by atoms with Gasteiger partial charge in [0.2, 0.25) is 15.9 Å². The minimum absolute atomic E-state index is 0.0249. The summed E-state index contributed by atoms with van der Waals surface area (Å²) in [5, 5.41) is 3.48. The van der Waals surface area contributed by atoms with Crippen molar-refractivity contribution < 1.29 is 22.3 Å². The van der Waals surface area contributed by atoms with Crippen molar-refractivity contribution in [2.75, 3.05) is 44.6 Å². The van der Waals surface area contributed by atoms with Gasteiger partial charge in [-0.15, -0.1) is 0 Å². The molecule has 3 rings (SSSR count). The highest BCUT2D eigenvalue weighted by atomic mass is 35.5. The van der Waals surface area contributed by atoms with Gasteiger partial charge in [0, 0.05) is 26.2 Å². The van der Waals surface area contributed by atoms with Gasteiger partial charge in [0.1, 0.15) is 5.82 Å². The minimum Gasteiger partial charge on any atom is -0.490 e. The van der Waals surface area contributed by atoms with E-state index in [1.54, 1.807) is 23.1 Å². The Labute approximate surface area is 180 Å². The van der Waals surface area contributed by atoms with E-state index in [0.29, 0.717) is 23.1 Å². The molecule has 1 saturated heterocycles. The van der Waals surface area contributed by atoms with Gasteiger partial charge in [-0.05, 0) is 37.3 Å². The molecule has 10 heteroatoms. The lowest BCUT2D eigenvalue weighted by Crippen LogP contribution is -2.51. The van der Waals surface area contributed by atoms with Crippen LogP contribution in [0.15, 0.2) is 47.4 Å². The molecule has 1 fully saturated rings. The summed E-state index contributed by atoms with van der Waals surface area (Å²) in [4.78, 5) is 14.1. The van der Waals surface area contributed by atoms with Gasteiger partial charge in [0.15, 0.2) is 5.75 Å². The minimum atomic E-state index is -3.80. The summed E-state index contributed by atoms with van der Waals surface area (Å²) in [7, 11) is -3.80. The van der Waals surface area contributed by atoms with E-state index in [4.69, 9.17) is 16.3 Å². The number of halogens is 2. The van der Waals surface area contributed by atoms with Crippen LogP contribution in [0.1, 0.15) is 6.92 Å². The number of ether oxygens (including phenoxy) is 1. The molecular formula is C20H23ClFN3O4S. The van der Waals surface area contributed by atoms with Crippen molar-refractivity contribution in [3.63, 3.8) is 0 Å². The number of anilines is 1. The number of rotatable bonds is 7. The molecule has 0 bridgehead atoms. The van der Waals surface area contributed by atoms with Gasteiger partial charge in [-0.3, -0.25) is 4.79 Å². The molecule has 0 atom stereocenters. The molecule has 1 aliphatic heterocycles. The molecule has 1 aliphatic rings. The second-order valence-electron chi connectivity index (χ2n) is 6.65. The topological polar surface area (TPSA) is 79.0 Å². The number of benzene rings is 2. The average molecular weight is 456 g/mol. The Kier molecular flexibility index (Phi) is 7.17. The van der Waals surface area contributed by atoms with Crippen LogP contribution in [0.3, 0.4) is 0 Å². The Bertz CT molecular complexity index is 1010. The molecule has 2 aromatic rings. The molecule has 2 aromatic carbocycles. The SMILES string of the molecule is CCOc1c(Cl)cccc1NCC(=O)N1CCN(S(=O)(=O)c2cccc(F)c2)CC1. The van der Waals surface area contributed by atoms with Crippen molar-refractivity contribution in [1.82, 2.24) is 9.21 Å². The van der Waals surface area contributed by atoms with Crippen molar-refractivity contribution in [2.24, 2.45) is 0 Å². The Morgan fingerprint density at radius 1 is 1.17 bits per heavy atom. The highest BCUT2D eigenvalue weighted by molar-refractivity contribution is 7.89. The maximum absolute atomic E-state index is 13.4. The molecule has 7 nitrogen and oxygen atoms in total. The number of carbonyl (C=O) groups excluding carboxylic acids is 1. The second kappa shape index (κ2) is 9.63. The van der Waals surface area contributed by atoms with Crippen molar-refractivity contribution in [3.05, 3.63) is 53.3 Å². The van der Waals surface area contributed by atoms with Crippen LogP contribution < -0.4 is 10.1 Å². The zero-order valence-corrected chi connectivity index (χ0v) is 18.0. The molecule has 30 heavy (non-hydrogen) atoms. The number of nitrogens with one attached hydrogen (secondary N) is 1. The molecule has 0 spiro atoms. The Morgan fingerprint density at radius 2 is 1.87 bits per heavy atom. The number of para-hydroxylation sites is 1. The van der Waals surface area contributed by atoms with Crippen LogP contribution in [-0.2, 0) is 14.8 Å². The monoisotopic (exact) mass is 455 g/mol. The molecule has 0 radical (unpaired) electrons. The van der Waals surface area contributed by atoms with Crippen LogP contribution >= 0.6 is 11.6 Å². The van der Waals surface area contributed by atoms with Gasteiger partial charge in [0.05, 0.1) is 28.8 Å². The molecule has 0 saturated carbocycles. The summed E-state index contributed by atoms with van der Waals surface area (Å²) < 4.78 is 45.5. The highest BCUT2D eigenvalue weighted by Gasteiger charge is 2.30. The van der Waals surface area contributed by atoms with Gasteiger partial charge in [0.25, 0.3) is 0 Å². The maximum atomic E-state index is 13.4. The standard InChI is InChI=1S/C20H23ClFN3O4S/c1-2-29-20-17(21)7-4-8-18(20)23-14-19(26)24-9-11-25(12-10-24)30(27,28)16-6-3-5-15(22)13-16/h3-8,13,23H,2,9-12,14H2,1H3. The van der Waals surface area contributed by atoms with Gasteiger partial charge < -0.3 is 15.0 Å². The van der Waals surface area contributed by atoms with E-state index in [-0.39, 0.29) is 43.5 Å². The largest absolute Gasteiger partial charge is 0.490 e. The van der Waals surface area contributed by atoms with Crippen molar-refractivity contribution in [2.45, 2.75) is 11.8 Å². The Hall–Kier alpha value is -2.36. The first kappa shape index (κ1) is 22.3. The van der Waals surface area contributed by atoms with E-state index >= 15 is 0 Å². The lowest BCUT2D eigenvalue weighted by atomic mass is 10.3. The number of sulfonamides is 1. The normalized spacial score (nSPS) is 15.1. The highest BCUT2D eigenvalue weighted by Crippen LogP contribution is 2.32. The predicted octanol–water partition coefficient (Wildman–Crippen LogP) is 2.82. The van der Waals surface area contributed by atoms with Crippen molar-refractivity contribution >= 4 is 33.2 Å². The first-order valence-electron chi connectivity index (χ1n) is 9.51. The number of nitrogens with zero attached hydrogens (tertiary/aromatic N) is 2. The van der Waals surface area contributed by atoms with Crippen LogP contribution in [-0.4, -0.2) is 62.9 Å². The maximum Gasteiger partial charge on any atom is 0.243 e. The first-order valence-corrected chi connectivity index (χ1v) is 11.3. The smallest absolute Gasteiger partial charge is 0.243 e. The van der Waals surface area contributed by atoms with E-state index < -0.39 is 15.8 Å². The van der Waals surface area contributed by atoms with E-state index in [0.717, 1.165) is 6.07 Å². The van der Waals surface area contributed by atoms with Gasteiger partial charge in [-0.2, -0.15) is 4.31 Å². The van der Waals surface area contributed by atoms with E-state index in [1.807, 2.05) is 6.92 Å². The number of hydrogen-bond acceptors (Lipinski definition) is 5. The van der Waals surface area contributed by atoms with Gasteiger partial charge in [-0.1, -0.05) is 23.7 Å². The van der Waals surface area contributed by atoms with Crippen molar-refractivity contribution in [1.29, 1.82) is 0 Å². The van der Waals surface area contributed by atoms with E-state index in [9.17, 15) is 17.6 Å². The number of carbonyl (C=O) groups is 1. The third kappa shape index (κ3) is 5.03. The van der Waals surface area contributed by atoms with Crippen LogP contribution in [0.4, 0.5) is 10.1 Å². The predicted molar refractivity (Wildman–Crippen MR) is 113 cm³/mol. The van der Waals surface area contributed by atoms with E-state index in [1.165, 1.54) is 22.5 Å². The third-order valence-electron chi connectivity index (χ3n) is 4.71. The second-order valence-corrected chi connectivity index (χ2v) is 8.99. The fourth-order valence-corrected chi connectivity index (χ4v) is 4.86. The number of hydrogen-bond donors (Lipinski definition) is 1. The zero-order chi connectivity index (χ0) is 21.7. The summed E-state index contributed by atoms with van der Waals surface area (Å²) in [6, 6.07) is 10.2. The van der Waals surface area contributed by atoms with Gasteiger partial charge >= 0.3 is 0 Å². The summed E-state index contributed by atoms with van der Waals surface area (Å²) in [5.74, 6) is -0.288. The van der Waals surface area contributed by atoms with Gasteiger partial charge in [-0.25, -0.2) is 12.8 Å². The van der Waals surface area contributed by atoms with Crippen LogP contribution in [0.5, 0.6) is 5.75 Å². The van der Waals surface area contributed by atoms with E-state index in [2.05, 4.69) is 5.32 Å². The average Bonchev–Trinajstić information content (AvgIpc) is 2.74.